The standard InChI is InChI=1S/C9H15BrO2/c1-4-12-7(11)9(10)5-8(2,3)6-9/h4-6H2,1-3H3. The Hall–Kier alpha value is -0.0500. The van der Waals surface area contributed by atoms with Crippen molar-refractivity contribution in [3.8, 4) is 0 Å². The van der Waals surface area contributed by atoms with Crippen LogP contribution in [0.25, 0.3) is 0 Å². The second-order valence-corrected chi connectivity index (χ2v) is 5.72. The molecule has 0 saturated heterocycles. The quantitative estimate of drug-likeness (QED) is 0.543. The van der Waals surface area contributed by atoms with E-state index in [9.17, 15) is 4.79 Å². The Morgan fingerprint density at radius 3 is 2.33 bits per heavy atom. The van der Waals surface area contributed by atoms with Crippen molar-refractivity contribution in [1.29, 1.82) is 0 Å². The Morgan fingerprint density at radius 1 is 1.50 bits per heavy atom. The predicted octanol–water partition coefficient (Wildman–Crippen LogP) is 2.50. The van der Waals surface area contributed by atoms with Gasteiger partial charge in [-0.1, -0.05) is 29.8 Å². The van der Waals surface area contributed by atoms with Crippen LogP contribution in [0.15, 0.2) is 0 Å². The van der Waals surface area contributed by atoms with E-state index in [-0.39, 0.29) is 15.7 Å². The van der Waals surface area contributed by atoms with E-state index in [4.69, 9.17) is 4.74 Å². The maximum atomic E-state index is 11.4. The molecule has 0 radical (unpaired) electrons. The van der Waals surface area contributed by atoms with E-state index in [1.165, 1.54) is 0 Å². The van der Waals surface area contributed by atoms with Crippen molar-refractivity contribution in [1.82, 2.24) is 0 Å². The molecule has 1 aliphatic rings. The fraction of sp³-hybridized carbons (Fsp3) is 0.889. The van der Waals surface area contributed by atoms with Gasteiger partial charge in [-0.15, -0.1) is 0 Å². The molecule has 0 atom stereocenters. The normalized spacial score (nSPS) is 24.3. The molecule has 0 aromatic carbocycles. The lowest BCUT2D eigenvalue weighted by molar-refractivity contribution is -0.151. The average Bonchev–Trinajstić information content (AvgIpc) is 1.83. The molecule has 0 aliphatic heterocycles. The van der Waals surface area contributed by atoms with Crippen LogP contribution in [0, 0.1) is 5.41 Å². The second-order valence-electron chi connectivity index (χ2n) is 4.20. The van der Waals surface area contributed by atoms with Crippen LogP contribution in [-0.4, -0.2) is 16.9 Å². The zero-order valence-electron chi connectivity index (χ0n) is 7.82. The Bertz CT molecular complexity index is 191. The first-order valence-corrected chi connectivity index (χ1v) is 5.05. The van der Waals surface area contributed by atoms with Crippen LogP contribution in [0.5, 0.6) is 0 Å². The molecule has 1 rings (SSSR count). The van der Waals surface area contributed by atoms with Crippen LogP contribution >= 0.6 is 15.9 Å². The van der Waals surface area contributed by atoms with Crippen molar-refractivity contribution < 1.29 is 9.53 Å². The number of rotatable bonds is 2. The minimum Gasteiger partial charge on any atom is -0.465 e. The molecule has 0 N–H and O–H groups in total. The first-order chi connectivity index (χ1) is 5.40. The van der Waals surface area contributed by atoms with Crippen LogP contribution in [0.1, 0.15) is 33.6 Å². The summed E-state index contributed by atoms with van der Waals surface area (Å²) in [5, 5.41) is 0. The minimum atomic E-state index is -0.382. The van der Waals surface area contributed by atoms with Gasteiger partial charge in [-0.25, -0.2) is 0 Å². The molecule has 0 bridgehead atoms. The van der Waals surface area contributed by atoms with Crippen LogP contribution in [0.4, 0.5) is 0 Å². The lowest BCUT2D eigenvalue weighted by Gasteiger charge is -2.47. The lowest BCUT2D eigenvalue weighted by atomic mass is 9.64. The Morgan fingerprint density at radius 2 is 2.00 bits per heavy atom. The number of carbonyl (C=O) groups is 1. The zero-order chi connectivity index (χ0) is 9.41. The summed E-state index contributed by atoms with van der Waals surface area (Å²) < 4.78 is 4.57. The summed E-state index contributed by atoms with van der Waals surface area (Å²) in [6.45, 7) is 6.61. The van der Waals surface area contributed by atoms with Crippen LogP contribution in [0.2, 0.25) is 0 Å². The highest BCUT2D eigenvalue weighted by molar-refractivity contribution is 9.10. The summed E-state index contributed by atoms with van der Waals surface area (Å²) in [4.78, 5) is 11.4. The molecule has 0 amide bonds. The van der Waals surface area contributed by atoms with Crippen molar-refractivity contribution in [3.63, 3.8) is 0 Å². The second kappa shape index (κ2) is 3.02. The molecule has 3 heteroatoms. The highest BCUT2D eigenvalue weighted by atomic mass is 79.9. The number of alkyl halides is 1. The third-order valence-corrected chi connectivity index (χ3v) is 3.04. The first-order valence-electron chi connectivity index (χ1n) is 4.26. The molecule has 0 spiro atoms. The number of esters is 1. The first kappa shape index (κ1) is 10.0. The van der Waals surface area contributed by atoms with Gasteiger partial charge in [-0.3, -0.25) is 4.79 Å². The topological polar surface area (TPSA) is 26.3 Å². The van der Waals surface area contributed by atoms with Gasteiger partial charge < -0.3 is 4.74 Å². The maximum Gasteiger partial charge on any atom is 0.322 e. The van der Waals surface area contributed by atoms with Gasteiger partial charge in [-0.05, 0) is 25.2 Å². The van der Waals surface area contributed by atoms with Gasteiger partial charge in [0.1, 0.15) is 4.32 Å². The van der Waals surface area contributed by atoms with Gasteiger partial charge in [0, 0.05) is 0 Å². The highest BCUT2D eigenvalue weighted by Crippen LogP contribution is 2.53. The Balaban J connectivity index is 2.49. The smallest absolute Gasteiger partial charge is 0.322 e. The Labute approximate surface area is 81.8 Å². The molecule has 1 aliphatic carbocycles. The van der Waals surface area contributed by atoms with Crippen molar-refractivity contribution in [2.45, 2.75) is 37.9 Å². The van der Waals surface area contributed by atoms with E-state index >= 15 is 0 Å². The van der Waals surface area contributed by atoms with Gasteiger partial charge >= 0.3 is 5.97 Å². The van der Waals surface area contributed by atoms with E-state index in [0.29, 0.717) is 6.61 Å². The Kier molecular flexibility index (Phi) is 2.52. The SMILES string of the molecule is CCOC(=O)C1(Br)CC(C)(C)C1. The monoisotopic (exact) mass is 234 g/mol. The van der Waals surface area contributed by atoms with Gasteiger partial charge in [0.05, 0.1) is 6.61 Å². The number of hydrogen-bond donors (Lipinski definition) is 0. The summed E-state index contributed by atoms with van der Waals surface area (Å²) in [7, 11) is 0. The highest BCUT2D eigenvalue weighted by Gasteiger charge is 2.53. The van der Waals surface area contributed by atoms with Crippen LogP contribution in [0.3, 0.4) is 0 Å². The van der Waals surface area contributed by atoms with Crippen molar-refractivity contribution in [2.75, 3.05) is 6.61 Å². The third-order valence-electron chi connectivity index (χ3n) is 2.16. The number of carbonyl (C=O) groups excluding carboxylic acids is 1. The van der Waals surface area contributed by atoms with Gasteiger partial charge in [0.25, 0.3) is 0 Å². The number of hydrogen-bond acceptors (Lipinski definition) is 2. The van der Waals surface area contributed by atoms with E-state index in [1.54, 1.807) is 0 Å². The van der Waals surface area contributed by atoms with E-state index in [2.05, 4.69) is 29.8 Å². The van der Waals surface area contributed by atoms with E-state index in [0.717, 1.165) is 12.8 Å². The lowest BCUT2D eigenvalue weighted by Crippen LogP contribution is -2.50. The average molecular weight is 235 g/mol. The van der Waals surface area contributed by atoms with Crippen molar-refractivity contribution >= 4 is 21.9 Å². The molecule has 1 saturated carbocycles. The molecular formula is C9H15BrO2. The maximum absolute atomic E-state index is 11.4. The van der Waals surface area contributed by atoms with Gasteiger partial charge in [0.2, 0.25) is 0 Å². The molecule has 0 aromatic rings. The number of halogens is 1. The van der Waals surface area contributed by atoms with Gasteiger partial charge in [-0.2, -0.15) is 0 Å². The molecule has 12 heavy (non-hydrogen) atoms. The molecule has 2 nitrogen and oxygen atoms in total. The summed E-state index contributed by atoms with van der Waals surface area (Å²) >= 11 is 3.44. The summed E-state index contributed by atoms with van der Waals surface area (Å²) in [5.74, 6) is -0.107. The summed E-state index contributed by atoms with van der Waals surface area (Å²) in [6.07, 6.45) is 1.75. The van der Waals surface area contributed by atoms with Crippen LogP contribution in [-0.2, 0) is 9.53 Å². The third kappa shape index (κ3) is 1.82. The fourth-order valence-electron chi connectivity index (χ4n) is 1.87. The zero-order valence-corrected chi connectivity index (χ0v) is 9.40. The molecule has 0 aromatic heterocycles. The largest absolute Gasteiger partial charge is 0.465 e. The van der Waals surface area contributed by atoms with Crippen molar-refractivity contribution in [2.24, 2.45) is 5.41 Å². The summed E-state index contributed by atoms with van der Waals surface area (Å²) in [6, 6.07) is 0. The molecule has 0 unspecified atom stereocenters. The minimum absolute atomic E-state index is 0.107. The molecule has 70 valence electrons. The fourth-order valence-corrected chi connectivity index (χ4v) is 3.50. The molecule has 1 fully saturated rings. The van der Waals surface area contributed by atoms with E-state index < -0.39 is 0 Å². The van der Waals surface area contributed by atoms with Gasteiger partial charge in [0.15, 0.2) is 0 Å². The predicted molar refractivity (Wildman–Crippen MR) is 51.3 cm³/mol. The van der Waals surface area contributed by atoms with E-state index in [1.807, 2.05) is 6.92 Å². The number of ether oxygens (including phenoxy) is 1. The summed E-state index contributed by atoms with van der Waals surface area (Å²) in [5.41, 5.74) is 0.288. The molecular weight excluding hydrogens is 220 g/mol. The van der Waals surface area contributed by atoms with Crippen molar-refractivity contribution in [3.05, 3.63) is 0 Å². The molecule has 0 heterocycles. The van der Waals surface area contributed by atoms with Crippen LogP contribution < -0.4 is 0 Å².